The second-order valence-electron chi connectivity index (χ2n) is 7.88. The van der Waals surface area contributed by atoms with E-state index in [2.05, 4.69) is 32.1 Å². The van der Waals surface area contributed by atoms with Crippen molar-refractivity contribution in [2.24, 2.45) is 16.7 Å². The Bertz CT molecular complexity index is 466. The first-order chi connectivity index (χ1) is 8.65. The highest BCUT2D eigenvalue weighted by atomic mass is 16.5. The average molecular weight is 262 g/mol. The molecule has 3 atom stereocenters. The van der Waals surface area contributed by atoms with E-state index >= 15 is 0 Å². The maximum Gasteiger partial charge on any atom is 0.0806 e. The molecule has 0 amide bonds. The summed E-state index contributed by atoms with van der Waals surface area (Å²) in [5, 5.41) is 10.5. The second-order valence-corrected chi connectivity index (χ2v) is 7.88. The van der Waals surface area contributed by atoms with E-state index in [0.717, 1.165) is 19.3 Å². The van der Waals surface area contributed by atoms with E-state index in [4.69, 9.17) is 4.74 Å². The molecule has 106 valence electrons. The van der Waals surface area contributed by atoms with Crippen LogP contribution in [0.3, 0.4) is 0 Å². The Morgan fingerprint density at radius 1 is 1.37 bits per heavy atom. The summed E-state index contributed by atoms with van der Waals surface area (Å²) in [6, 6.07) is 0. The number of hydrogen-bond donors (Lipinski definition) is 1. The van der Waals surface area contributed by atoms with Crippen molar-refractivity contribution in [2.75, 3.05) is 7.11 Å². The van der Waals surface area contributed by atoms with E-state index < -0.39 is 5.60 Å². The van der Waals surface area contributed by atoms with Gasteiger partial charge in [0, 0.05) is 12.5 Å². The third kappa shape index (κ3) is 1.62. The van der Waals surface area contributed by atoms with Crippen molar-refractivity contribution in [1.82, 2.24) is 0 Å². The summed E-state index contributed by atoms with van der Waals surface area (Å²) in [6.45, 7) is 8.39. The molecule has 0 aromatic carbocycles. The van der Waals surface area contributed by atoms with Gasteiger partial charge in [0.25, 0.3) is 0 Å². The fourth-order valence-corrected chi connectivity index (χ4v) is 5.11. The van der Waals surface area contributed by atoms with Crippen molar-refractivity contribution < 1.29 is 9.84 Å². The summed E-state index contributed by atoms with van der Waals surface area (Å²) in [4.78, 5) is 0. The zero-order valence-corrected chi connectivity index (χ0v) is 12.8. The first-order valence-corrected chi connectivity index (χ1v) is 7.34. The molecule has 2 heteroatoms. The number of ether oxygens (including phenoxy) is 1. The Morgan fingerprint density at radius 3 is 2.63 bits per heavy atom. The number of hydrogen-bond acceptors (Lipinski definition) is 2. The van der Waals surface area contributed by atoms with Crippen LogP contribution in [0, 0.1) is 16.7 Å². The lowest BCUT2D eigenvalue weighted by atomic mass is 9.68. The fraction of sp³-hybridized carbons (Fsp3) is 0.765. The van der Waals surface area contributed by atoms with Gasteiger partial charge < -0.3 is 9.84 Å². The quantitative estimate of drug-likeness (QED) is 0.772. The van der Waals surface area contributed by atoms with Crippen molar-refractivity contribution in [3.05, 3.63) is 23.8 Å². The van der Waals surface area contributed by atoms with Crippen LogP contribution >= 0.6 is 0 Å². The first kappa shape index (κ1) is 13.4. The maximum atomic E-state index is 10.5. The van der Waals surface area contributed by atoms with Gasteiger partial charge in [-0.05, 0) is 50.0 Å². The molecule has 3 aliphatic rings. The standard InChI is InChI=1S/C17H26O2/c1-14(2)12(15(3,4)18)9-16-7-6-8-17(11-16,19-5)10-13(14)16/h6-7,9,13,18H,8,10-11H2,1-5H3/t13-,16-,17-/m0/s1. The molecular weight excluding hydrogens is 236 g/mol. The van der Waals surface area contributed by atoms with Gasteiger partial charge in [-0.1, -0.05) is 32.1 Å². The Hall–Kier alpha value is -0.600. The van der Waals surface area contributed by atoms with Crippen LogP contribution in [0.2, 0.25) is 0 Å². The average Bonchev–Trinajstić information content (AvgIpc) is 2.65. The highest BCUT2D eigenvalue weighted by Gasteiger charge is 2.63. The van der Waals surface area contributed by atoms with Gasteiger partial charge in [0.15, 0.2) is 0 Å². The predicted octanol–water partition coefficient (Wildman–Crippen LogP) is 3.47. The molecule has 1 N–H and O–H groups in total. The zero-order valence-electron chi connectivity index (χ0n) is 12.8. The van der Waals surface area contributed by atoms with E-state index in [9.17, 15) is 5.11 Å². The normalized spacial score (nSPS) is 43.3. The monoisotopic (exact) mass is 262 g/mol. The van der Waals surface area contributed by atoms with Gasteiger partial charge in [-0.2, -0.15) is 0 Å². The van der Waals surface area contributed by atoms with E-state index in [0.29, 0.717) is 5.92 Å². The third-order valence-electron chi connectivity index (χ3n) is 5.84. The van der Waals surface area contributed by atoms with Gasteiger partial charge in [-0.15, -0.1) is 0 Å². The van der Waals surface area contributed by atoms with Crippen molar-refractivity contribution in [2.45, 2.75) is 58.2 Å². The molecule has 1 fully saturated rings. The smallest absolute Gasteiger partial charge is 0.0806 e. The van der Waals surface area contributed by atoms with Crippen LogP contribution < -0.4 is 0 Å². The lowest BCUT2D eigenvalue weighted by Gasteiger charge is -2.38. The molecule has 0 aliphatic heterocycles. The van der Waals surface area contributed by atoms with Crippen molar-refractivity contribution in [1.29, 1.82) is 0 Å². The lowest BCUT2D eigenvalue weighted by Crippen LogP contribution is -2.36. The second kappa shape index (κ2) is 3.53. The van der Waals surface area contributed by atoms with Crippen LogP contribution in [0.15, 0.2) is 23.8 Å². The molecule has 2 bridgehead atoms. The maximum absolute atomic E-state index is 10.5. The number of rotatable bonds is 2. The summed E-state index contributed by atoms with van der Waals surface area (Å²) < 4.78 is 5.87. The molecule has 1 saturated carbocycles. The zero-order chi connectivity index (χ0) is 14.1. The SMILES string of the molecule is CO[C@@]12CC=C[C@]3(C=C(C(C)(C)O)C(C)(C)[C@@H]3C1)C2. The van der Waals surface area contributed by atoms with Gasteiger partial charge in [-0.25, -0.2) is 0 Å². The highest BCUT2D eigenvalue weighted by Crippen LogP contribution is 2.68. The Morgan fingerprint density at radius 2 is 2.05 bits per heavy atom. The molecule has 2 nitrogen and oxygen atoms in total. The topological polar surface area (TPSA) is 29.5 Å². The van der Waals surface area contributed by atoms with Gasteiger partial charge in [0.2, 0.25) is 0 Å². The third-order valence-corrected chi connectivity index (χ3v) is 5.84. The van der Waals surface area contributed by atoms with Gasteiger partial charge in [0.05, 0.1) is 11.2 Å². The van der Waals surface area contributed by atoms with Gasteiger partial charge in [0.1, 0.15) is 0 Å². The first-order valence-electron chi connectivity index (χ1n) is 7.34. The summed E-state index contributed by atoms with van der Waals surface area (Å²) in [5.74, 6) is 0.542. The van der Waals surface area contributed by atoms with E-state index in [1.54, 1.807) is 0 Å². The molecule has 0 radical (unpaired) electrons. The Kier molecular flexibility index (Phi) is 2.49. The molecule has 3 rings (SSSR count). The van der Waals surface area contributed by atoms with Crippen LogP contribution in [0.5, 0.6) is 0 Å². The molecule has 0 saturated heterocycles. The van der Waals surface area contributed by atoms with E-state index in [1.165, 1.54) is 5.57 Å². The number of methoxy groups -OCH3 is 1. The van der Waals surface area contributed by atoms with Crippen molar-refractivity contribution >= 4 is 0 Å². The largest absolute Gasteiger partial charge is 0.386 e. The molecular formula is C17H26O2. The fourth-order valence-electron chi connectivity index (χ4n) is 5.11. The minimum absolute atomic E-state index is 0.0261. The highest BCUT2D eigenvalue weighted by molar-refractivity contribution is 5.41. The Labute approximate surface area is 116 Å². The Balaban J connectivity index is 2.11. The summed E-state index contributed by atoms with van der Waals surface area (Å²) in [6.07, 6.45) is 10.2. The molecule has 1 spiro atoms. The number of allylic oxidation sites excluding steroid dienone is 2. The van der Waals surface area contributed by atoms with E-state index in [-0.39, 0.29) is 16.4 Å². The van der Waals surface area contributed by atoms with Crippen LogP contribution in [-0.4, -0.2) is 23.4 Å². The molecule has 0 unspecified atom stereocenters. The predicted molar refractivity (Wildman–Crippen MR) is 76.8 cm³/mol. The number of fused-ring (bicyclic) bond motifs is 1. The molecule has 3 aliphatic carbocycles. The minimum Gasteiger partial charge on any atom is -0.386 e. The van der Waals surface area contributed by atoms with Crippen LogP contribution in [0.1, 0.15) is 47.0 Å². The summed E-state index contributed by atoms with van der Waals surface area (Å²) in [7, 11) is 1.85. The van der Waals surface area contributed by atoms with Gasteiger partial charge in [-0.3, -0.25) is 0 Å². The van der Waals surface area contributed by atoms with Crippen LogP contribution in [-0.2, 0) is 4.74 Å². The lowest BCUT2D eigenvalue weighted by molar-refractivity contribution is -0.0147. The van der Waals surface area contributed by atoms with Crippen molar-refractivity contribution in [3.63, 3.8) is 0 Å². The molecule has 0 aromatic rings. The van der Waals surface area contributed by atoms with Crippen LogP contribution in [0.25, 0.3) is 0 Å². The number of aliphatic hydroxyl groups is 1. The van der Waals surface area contributed by atoms with Crippen molar-refractivity contribution in [3.8, 4) is 0 Å². The van der Waals surface area contributed by atoms with E-state index in [1.807, 2.05) is 21.0 Å². The van der Waals surface area contributed by atoms with Gasteiger partial charge >= 0.3 is 0 Å². The molecule has 0 heterocycles. The summed E-state index contributed by atoms with van der Waals surface area (Å²) >= 11 is 0. The van der Waals surface area contributed by atoms with Crippen LogP contribution in [0.4, 0.5) is 0 Å². The minimum atomic E-state index is -0.733. The molecule has 19 heavy (non-hydrogen) atoms. The molecule has 0 aromatic heterocycles. The summed E-state index contributed by atoms with van der Waals surface area (Å²) in [5.41, 5.74) is 0.628.